The van der Waals surface area contributed by atoms with Crippen molar-refractivity contribution in [3.8, 4) is 0 Å². The number of aromatic nitrogens is 1. The predicted molar refractivity (Wildman–Crippen MR) is 121 cm³/mol. The van der Waals surface area contributed by atoms with Gasteiger partial charge in [-0.05, 0) is 76.7 Å². The van der Waals surface area contributed by atoms with E-state index in [1.807, 2.05) is 0 Å². The van der Waals surface area contributed by atoms with E-state index < -0.39 is 23.6 Å². The Morgan fingerprint density at radius 2 is 1.88 bits per heavy atom. The zero-order valence-corrected chi connectivity index (χ0v) is 19.5. The first-order chi connectivity index (χ1) is 14.9. The average molecular weight is 470 g/mol. The molecule has 178 valence electrons. The number of rotatable bonds is 10. The summed E-state index contributed by atoms with van der Waals surface area (Å²) in [4.78, 5) is 27.6. The number of aliphatic carboxylic acids is 1. The van der Waals surface area contributed by atoms with Crippen molar-refractivity contribution in [1.29, 1.82) is 0 Å². The smallest absolute Gasteiger partial charge is 0.303 e. The highest BCUT2D eigenvalue weighted by molar-refractivity contribution is 6.29. The summed E-state index contributed by atoms with van der Waals surface area (Å²) in [6.45, 7) is 2.40. The van der Waals surface area contributed by atoms with Crippen LogP contribution in [0, 0.1) is 5.41 Å². The molecule has 9 heteroatoms. The summed E-state index contributed by atoms with van der Waals surface area (Å²) in [6, 6.07) is 1.62. The molecule has 2 bridgehead atoms. The number of aliphatic hydroxyl groups is 1. The van der Waals surface area contributed by atoms with E-state index in [4.69, 9.17) is 16.7 Å². The van der Waals surface area contributed by atoms with Crippen molar-refractivity contribution in [3.05, 3.63) is 23.0 Å². The van der Waals surface area contributed by atoms with E-state index in [0.717, 1.165) is 44.9 Å². The fourth-order valence-corrected chi connectivity index (χ4v) is 5.13. The Balaban J connectivity index is 1.66. The molecule has 1 aromatic heterocycles. The van der Waals surface area contributed by atoms with Gasteiger partial charge in [-0.3, -0.25) is 9.59 Å². The molecule has 4 N–H and O–H groups in total. The lowest BCUT2D eigenvalue weighted by Gasteiger charge is -2.54. The van der Waals surface area contributed by atoms with E-state index in [1.54, 1.807) is 6.07 Å². The van der Waals surface area contributed by atoms with Crippen LogP contribution < -0.4 is 10.6 Å². The Bertz CT molecular complexity index is 834. The van der Waals surface area contributed by atoms with Crippen LogP contribution in [0.5, 0.6) is 0 Å². The van der Waals surface area contributed by atoms with E-state index in [1.165, 1.54) is 20.0 Å². The molecule has 3 aliphatic rings. The average Bonchev–Trinajstić information content (AvgIpc) is 2.72. The molecular weight excluding hydrogens is 437 g/mol. The number of alkyl halides is 1. The van der Waals surface area contributed by atoms with Crippen LogP contribution in [-0.4, -0.2) is 50.9 Å². The van der Waals surface area contributed by atoms with E-state index in [0.29, 0.717) is 12.1 Å². The van der Waals surface area contributed by atoms with Crippen molar-refractivity contribution in [1.82, 2.24) is 10.3 Å². The topological polar surface area (TPSA) is 112 Å². The van der Waals surface area contributed by atoms with Gasteiger partial charge >= 0.3 is 5.97 Å². The largest absolute Gasteiger partial charge is 0.481 e. The normalized spacial score (nSPS) is 25.9. The first kappa shape index (κ1) is 24.7. The number of halogens is 2. The van der Waals surface area contributed by atoms with Crippen LogP contribution in [0.4, 0.5) is 10.1 Å². The summed E-state index contributed by atoms with van der Waals surface area (Å²) in [7, 11) is 0. The van der Waals surface area contributed by atoms with Gasteiger partial charge in [-0.15, -0.1) is 0 Å². The number of carboxylic acid groups (broad SMARTS) is 1. The summed E-state index contributed by atoms with van der Waals surface area (Å²) in [6.07, 6.45) is 7.52. The third-order valence-electron chi connectivity index (χ3n) is 7.22. The molecule has 3 fully saturated rings. The fourth-order valence-electron chi connectivity index (χ4n) is 4.97. The lowest BCUT2D eigenvalue weighted by Crippen LogP contribution is -2.51. The number of carbonyl (C=O) groups is 2. The van der Waals surface area contributed by atoms with Crippen LogP contribution in [0.3, 0.4) is 0 Å². The van der Waals surface area contributed by atoms with E-state index >= 15 is 0 Å². The molecule has 1 atom stereocenters. The number of hydrogen-bond donors (Lipinski definition) is 4. The highest BCUT2D eigenvalue weighted by Gasteiger charge is 2.48. The van der Waals surface area contributed by atoms with Gasteiger partial charge in [0.2, 0.25) is 0 Å². The van der Waals surface area contributed by atoms with Crippen LogP contribution in [0.25, 0.3) is 0 Å². The minimum atomic E-state index is -1.60. The molecule has 0 saturated heterocycles. The Morgan fingerprint density at radius 1 is 1.25 bits per heavy atom. The van der Waals surface area contributed by atoms with Crippen LogP contribution in [0.15, 0.2) is 12.3 Å². The molecular formula is C23H33ClFN3O4. The van der Waals surface area contributed by atoms with Crippen molar-refractivity contribution in [2.45, 2.75) is 88.9 Å². The minimum absolute atomic E-state index is 0.149. The molecule has 4 rings (SSSR count). The number of hydrogen-bond acceptors (Lipinski definition) is 5. The molecule has 0 radical (unpaired) electrons. The number of anilines is 1. The molecule has 0 spiro atoms. The zero-order chi connectivity index (χ0) is 23.6. The molecule has 0 aromatic carbocycles. The van der Waals surface area contributed by atoms with Gasteiger partial charge in [0.25, 0.3) is 5.91 Å². The quantitative estimate of drug-likeness (QED) is 0.379. The van der Waals surface area contributed by atoms with Crippen LogP contribution in [-0.2, 0) is 4.79 Å². The van der Waals surface area contributed by atoms with Crippen molar-refractivity contribution >= 4 is 29.2 Å². The Hall–Kier alpha value is -1.93. The molecule has 1 heterocycles. The maximum atomic E-state index is 14.1. The lowest BCUT2D eigenvalue weighted by atomic mass is 9.55. The number of nitrogens with one attached hydrogen (secondary N) is 2. The highest BCUT2D eigenvalue weighted by atomic mass is 35.5. The monoisotopic (exact) mass is 469 g/mol. The maximum Gasteiger partial charge on any atom is 0.303 e. The number of amides is 1. The SMILES string of the molecule is CC(C)(O)[C@H](F)CNC(=O)c1cnc(Cl)cc1NC12CCC(CCCC(=O)O)(CC1)CC2. The highest BCUT2D eigenvalue weighted by Crippen LogP contribution is 2.55. The van der Waals surface area contributed by atoms with Gasteiger partial charge in [-0.25, -0.2) is 9.37 Å². The summed E-state index contributed by atoms with van der Waals surface area (Å²) >= 11 is 6.11. The van der Waals surface area contributed by atoms with Gasteiger partial charge in [0.05, 0.1) is 23.4 Å². The zero-order valence-electron chi connectivity index (χ0n) is 18.7. The van der Waals surface area contributed by atoms with Crippen molar-refractivity contribution in [2.75, 3.05) is 11.9 Å². The summed E-state index contributed by atoms with van der Waals surface area (Å²) in [5, 5.41) is 25.0. The van der Waals surface area contributed by atoms with Crippen molar-refractivity contribution in [2.24, 2.45) is 5.41 Å². The molecule has 0 unspecified atom stereocenters. The molecule has 32 heavy (non-hydrogen) atoms. The van der Waals surface area contributed by atoms with Gasteiger partial charge in [0, 0.05) is 18.2 Å². The van der Waals surface area contributed by atoms with Crippen molar-refractivity contribution < 1.29 is 24.2 Å². The van der Waals surface area contributed by atoms with Crippen LogP contribution >= 0.6 is 11.6 Å². The minimum Gasteiger partial charge on any atom is -0.481 e. The number of carbonyl (C=O) groups excluding carboxylic acids is 1. The Morgan fingerprint density at radius 3 is 2.44 bits per heavy atom. The molecule has 1 amide bonds. The number of nitrogens with zero attached hydrogens (tertiary/aromatic N) is 1. The molecule has 0 aliphatic heterocycles. The summed E-state index contributed by atoms with van der Waals surface area (Å²) in [5.41, 5.74) is -0.615. The second-order valence-electron chi connectivity index (χ2n) is 10.0. The Labute approximate surface area is 193 Å². The fraction of sp³-hybridized carbons (Fsp3) is 0.696. The number of carboxylic acids is 1. The van der Waals surface area contributed by atoms with Gasteiger partial charge in [-0.2, -0.15) is 0 Å². The summed E-state index contributed by atoms with van der Waals surface area (Å²) in [5.74, 6) is -1.22. The van der Waals surface area contributed by atoms with Gasteiger partial charge in [0.15, 0.2) is 0 Å². The van der Waals surface area contributed by atoms with Crippen LogP contribution in [0.2, 0.25) is 5.15 Å². The molecule has 1 aromatic rings. The van der Waals surface area contributed by atoms with E-state index in [-0.39, 0.29) is 34.6 Å². The van der Waals surface area contributed by atoms with Gasteiger partial charge in [0.1, 0.15) is 11.3 Å². The number of pyridine rings is 1. The van der Waals surface area contributed by atoms with Gasteiger partial charge in [-0.1, -0.05) is 11.6 Å². The molecule has 7 nitrogen and oxygen atoms in total. The second kappa shape index (κ2) is 9.51. The van der Waals surface area contributed by atoms with Crippen LogP contribution in [0.1, 0.15) is 82.0 Å². The number of fused-ring (bicyclic) bond motifs is 3. The molecule has 3 aliphatic carbocycles. The van der Waals surface area contributed by atoms with E-state index in [2.05, 4.69) is 15.6 Å². The van der Waals surface area contributed by atoms with Gasteiger partial charge < -0.3 is 20.8 Å². The molecule has 3 saturated carbocycles. The standard InChI is InChI=1S/C23H33ClFN3O4/c1-21(2,32)17(25)14-27-20(31)15-13-26-18(24)12-16(15)28-23-9-6-22(7-10-23,8-11-23)5-3-4-19(29)30/h12-13,17,32H,3-11,14H2,1-2H3,(H,26,28)(H,27,31)(H,29,30)/t17-,22?,23?/m1/s1. The summed E-state index contributed by atoms with van der Waals surface area (Å²) < 4.78 is 14.1. The third-order valence-corrected chi connectivity index (χ3v) is 7.43. The predicted octanol–water partition coefficient (Wildman–Crippen LogP) is 4.33. The first-order valence-electron chi connectivity index (χ1n) is 11.2. The maximum absolute atomic E-state index is 14.1. The lowest BCUT2D eigenvalue weighted by molar-refractivity contribution is -0.137. The Kier molecular flexibility index (Phi) is 7.34. The second-order valence-corrected chi connectivity index (χ2v) is 10.4. The van der Waals surface area contributed by atoms with E-state index in [9.17, 15) is 19.1 Å². The van der Waals surface area contributed by atoms with Crippen molar-refractivity contribution in [3.63, 3.8) is 0 Å². The third kappa shape index (κ3) is 5.90. The first-order valence-corrected chi connectivity index (χ1v) is 11.6.